The zero-order chi connectivity index (χ0) is 17.8. The summed E-state index contributed by atoms with van der Waals surface area (Å²) in [5.41, 5.74) is 1.89. The van der Waals surface area contributed by atoms with Gasteiger partial charge in [-0.1, -0.05) is 30.3 Å². The van der Waals surface area contributed by atoms with Crippen molar-refractivity contribution in [1.82, 2.24) is 19.6 Å². The number of amides is 1. The number of hydrogen-bond donors (Lipinski definition) is 0. The second-order valence-electron chi connectivity index (χ2n) is 7.08. The van der Waals surface area contributed by atoms with Gasteiger partial charge in [0, 0.05) is 38.4 Å². The van der Waals surface area contributed by atoms with Crippen LogP contribution in [0.15, 0.2) is 42.7 Å². The van der Waals surface area contributed by atoms with Crippen molar-refractivity contribution in [2.45, 2.75) is 25.4 Å². The van der Waals surface area contributed by atoms with Crippen molar-refractivity contribution in [2.75, 3.05) is 37.7 Å². The summed E-state index contributed by atoms with van der Waals surface area (Å²) < 4.78 is 1.85. The molecular weight excluding hydrogens is 344 g/mol. The van der Waals surface area contributed by atoms with Gasteiger partial charge in [-0.15, -0.1) is 0 Å². The molecule has 3 heterocycles. The minimum absolute atomic E-state index is 0.114. The van der Waals surface area contributed by atoms with Crippen molar-refractivity contribution in [3.63, 3.8) is 0 Å². The first-order chi connectivity index (χ1) is 12.8. The number of aromatic nitrogens is 2. The van der Waals surface area contributed by atoms with Crippen LogP contribution in [0.25, 0.3) is 0 Å². The summed E-state index contributed by atoms with van der Waals surface area (Å²) in [5.74, 6) is 2.68. The number of carbonyl (C=O) groups excluding carboxylic acids is 1. The van der Waals surface area contributed by atoms with Gasteiger partial charge in [0.2, 0.25) is 0 Å². The number of rotatable bonds is 4. The van der Waals surface area contributed by atoms with E-state index in [2.05, 4.69) is 33.9 Å². The standard InChI is InChI=1S/C20H26N4OS/c25-20(18-14-21-24(16-18)15-17-4-2-1-3-5-17)23-10-8-22(9-11-23)19-6-12-26-13-7-19/h1-5,14,16,19H,6-13,15H2. The van der Waals surface area contributed by atoms with Crippen LogP contribution in [0.3, 0.4) is 0 Å². The van der Waals surface area contributed by atoms with Gasteiger partial charge in [-0.2, -0.15) is 16.9 Å². The number of benzene rings is 1. The van der Waals surface area contributed by atoms with E-state index in [-0.39, 0.29) is 5.91 Å². The summed E-state index contributed by atoms with van der Waals surface area (Å²) in [7, 11) is 0. The third-order valence-corrected chi connectivity index (χ3v) is 6.43. The monoisotopic (exact) mass is 370 g/mol. The van der Waals surface area contributed by atoms with E-state index >= 15 is 0 Å². The molecule has 0 atom stereocenters. The molecule has 4 rings (SSSR count). The van der Waals surface area contributed by atoms with Gasteiger partial charge in [0.1, 0.15) is 0 Å². The van der Waals surface area contributed by atoms with E-state index in [9.17, 15) is 4.79 Å². The summed E-state index contributed by atoms with van der Waals surface area (Å²) in [6, 6.07) is 10.9. The highest BCUT2D eigenvalue weighted by Gasteiger charge is 2.28. The van der Waals surface area contributed by atoms with E-state index in [1.807, 2.05) is 34.0 Å². The Balaban J connectivity index is 1.32. The molecule has 0 saturated carbocycles. The minimum Gasteiger partial charge on any atom is -0.336 e. The van der Waals surface area contributed by atoms with Gasteiger partial charge in [0.25, 0.3) is 5.91 Å². The van der Waals surface area contributed by atoms with Gasteiger partial charge in [-0.05, 0) is 29.9 Å². The number of carbonyl (C=O) groups is 1. The Morgan fingerprint density at radius 2 is 1.81 bits per heavy atom. The quantitative estimate of drug-likeness (QED) is 0.830. The van der Waals surface area contributed by atoms with Crippen LogP contribution in [-0.2, 0) is 6.54 Å². The number of piperazine rings is 1. The molecule has 2 aromatic rings. The first kappa shape index (κ1) is 17.6. The van der Waals surface area contributed by atoms with Crippen molar-refractivity contribution in [2.24, 2.45) is 0 Å². The lowest BCUT2D eigenvalue weighted by Gasteiger charge is -2.40. The molecule has 1 aromatic carbocycles. The SMILES string of the molecule is O=C(c1cnn(Cc2ccccc2)c1)N1CCN(C2CCSCC2)CC1. The molecule has 0 spiro atoms. The summed E-state index contributed by atoms with van der Waals surface area (Å²) in [4.78, 5) is 17.4. The predicted molar refractivity (Wildman–Crippen MR) is 106 cm³/mol. The average molecular weight is 371 g/mol. The molecule has 138 valence electrons. The van der Waals surface area contributed by atoms with Crippen molar-refractivity contribution < 1.29 is 4.79 Å². The van der Waals surface area contributed by atoms with Crippen LogP contribution in [0.1, 0.15) is 28.8 Å². The molecule has 1 aromatic heterocycles. The van der Waals surface area contributed by atoms with Crippen molar-refractivity contribution in [3.8, 4) is 0 Å². The van der Waals surface area contributed by atoms with E-state index in [4.69, 9.17) is 0 Å². The first-order valence-electron chi connectivity index (χ1n) is 9.47. The summed E-state index contributed by atoms with van der Waals surface area (Å²) in [6.45, 7) is 4.35. The Bertz CT molecular complexity index is 718. The lowest BCUT2D eigenvalue weighted by Crippen LogP contribution is -2.52. The summed E-state index contributed by atoms with van der Waals surface area (Å²) in [5, 5.41) is 4.37. The van der Waals surface area contributed by atoms with Gasteiger partial charge < -0.3 is 4.90 Å². The summed E-state index contributed by atoms with van der Waals surface area (Å²) >= 11 is 2.07. The highest BCUT2D eigenvalue weighted by molar-refractivity contribution is 7.99. The molecule has 2 fully saturated rings. The average Bonchev–Trinajstić information content (AvgIpc) is 3.17. The molecule has 2 saturated heterocycles. The second kappa shape index (κ2) is 8.27. The van der Waals surface area contributed by atoms with Crippen molar-refractivity contribution in [3.05, 3.63) is 53.9 Å². The fourth-order valence-electron chi connectivity index (χ4n) is 3.85. The van der Waals surface area contributed by atoms with E-state index in [1.165, 1.54) is 29.9 Å². The molecule has 0 aliphatic carbocycles. The van der Waals surface area contributed by atoms with Crippen LogP contribution in [-0.4, -0.2) is 69.2 Å². The van der Waals surface area contributed by atoms with E-state index < -0.39 is 0 Å². The molecule has 2 aliphatic heterocycles. The molecule has 6 heteroatoms. The Morgan fingerprint density at radius 3 is 2.54 bits per heavy atom. The first-order valence-corrected chi connectivity index (χ1v) is 10.6. The van der Waals surface area contributed by atoms with Gasteiger partial charge in [0.15, 0.2) is 0 Å². The fraction of sp³-hybridized carbons (Fsp3) is 0.500. The Labute approximate surface area is 159 Å². The zero-order valence-electron chi connectivity index (χ0n) is 15.1. The van der Waals surface area contributed by atoms with Gasteiger partial charge in [-0.3, -0.25) is 14.4 Å². The fourth-order valence-corrected chi connectivity index (χ4v) is 4.94. The third kappa shape index (κ3) is 4.13. The number of hydrogen-bond acceptors (Lipinski definition) is 4. The maximum absolute atomic E-state index is 12.8. The smallest absolute Gasteiger partial charge is 0.257 e. The predicted octanol–water partition coefficient (Wildman–Crippen LogP) is 2.58. The van der Waals surface area contributed by atoms with E-state index in [1.54, 1.807) is 6.20 Å². The Kier molecular flexibility index (Phi) is 5.60. The second-order valence-corrected chi connectivity index (χ2v) is 8.31. The number of thioether (sulfide) groups is 1. The Hall–Kier alpha value is -1.79. The molecule has 0 unspecified atom stereocenters. The normalized spacial score (nSPS) is 19.6. The lowest BCUT2D eigenvalue weighted by atomic mass is 10.1. The third-order valence-electron chi connectivity index (χ3n) is 5.38. The zero-order valence-corrected chi connectivity index (χ0v) is 15.9. The van der Waals surface area contributed by atoms with Crippen LogP contribution >= 0.6 is 11.8 Å². The highest BCUT2D eigenvalue weighted by atomic mass is 32.2. The van der Waals surface area contributed by atoms with Crippen LogP contribution in [0.5, 0.6) is 0 Å². The molecule has 2 aliphatic rings. The van der Waals surface area contributed by atoms with Crippen LogP contribution in [0.2, 0.25) is 0 Å². The summed E-state index contributed by atoms with van der Waals surface area (Å²) in [6.07, 6.45) is 6.17. The van der Waals surface area contributed by atoms with Crippen LogP contribution < -0.4 is 0 Å². The van der Waals surface area contributed by atoms with Crippen molar-refractivity contribution in [1.29, 1.82) is 0 Å². The van der Waals surface area contributed by atoms with Gasteiger partial charge >= 0.3 is 0 Å². The van der Waals surface area contributed by atoms with Crippen LogP contribution in [0, 0.1) is 0 Å². The minimum atomic E-state index is 0.114. The van der Waals surface area contributed by atoms with E-state index in [0.29, 0.717) is 12.1 Å². The lowest BCUT2D eigenvalue weighted by molar-refractivity contribution is 0.0559. The highest BCUT2D eigenvalue weighted by Crippen LogP contribution is 2.23. The maximum atomic E-state index is 12.8. The molecule has 26 heavy (non-hydrogen) atoms. The maximum Gasteiger partial charge on any atom is 0.257 e. The molecule has 0 bridgehead atoms. The molecule has 0 N–H and O–H groups in total. The largest absolute Gasteiger partial charge is 0.336 e. The molecule has 5 nitrogen and oxygen atoms in total. The number of nitrogens with zero attached hydrogens (tertiary/aromatic N) is 4. The topological polar surface area (TPSA) is 41.4 Å². The molecule has 1 amide bonds. The molecular formula is C20H26N4OS. The van der Waals surface area contributed by atoms with Gasteiger partial charge in [0.05, 0.1) is 18.3 Å². The van der Waals surface area contributed by atoms with Crippen molar-refractivity contribution >= 4 is 17.7 Å². The van der Waals surface area contributed by atoms with Crippen LogP contribution in [0.4, 0.5) is 0 Å². The Morgan fingerprint density at radius 1 is 1.08 bits per heavy atom. The molecule has 0 radical (unpaired) electrons. The van der Waals surface area contributed by atoms with E-state index in [0.717, 1.165) is 32.2 Å². The van der Waals surface area contributed by atoms with Gasteiger partial charge in [-0.25, -0.2) is 0 Å².